The van der Waals surface area contributed by atoms with Crippen LogP contribution in [0.25, 0.3) is 0 Å². The van der Waals surface area contributed by atoms with Gasteiger partial charge in [0.1, 0.15) is 13.2 Å². The van der Waals surface area contributed by atoms with E-state index in [2.05, 4.69) is 69.4 Å². The highest BCUT2D eigenvalue weighted by molar-refractivity contribution is 5.72. The van der Waals surface area contributed by atoms with E-state index in [1.54, 1.807) is 6.08 Å². The summed E-state index contributed by atoms with van der Waals surface area (Å²) < 4.78 is 16.5. The van der Waals surface area contributed by atoms with Gasteiger partial charge in [-0.3, -0.25) is 14.4 Å². The third-order valence-corrected chi connectivity index (χ3v) is 9.26. The number of allylic oxidation sites excluding steroid dienone is 9. The Bertz CT molecular complexity index is 1010. The average molecular weight is 755 g/mol. The van der Waals surface area contributed by atoms with Crippen LogP contribution in [0.3, 0.4) is 0 Å². The number of rotatable bonds is 39. The predicted octanol–water partition coefficient (Wildman–Crippen LogP) is 14.1. The molecule has 0 aliphatic carbocycles. The zero-order valence-corrected chi connectivity index (χ0v) is 35.2. The minimum Gasteiger partial charge on any atom is -0.462 e. The summed E-state index contributed by atoms with van der Waals surface area (Å²) in [6.45, 7) is 6.35. The zero-order valence-electron chi connectivity index (χ0n) is 35.2. The molecule has 6 nitrogen and oxygen atoms in total. The monoisotopic (exact) mass is 755 g/mol. The van der Waals surface area contributed by atoms with E-state index >= 15 is 0 Å². The van der Waals surface area contributed by atoms with Crippen LogP contribution in [-0.2, 0) is 28.6 Å². The highest BCUT2D eigenvalue weighted by Gasteiger charge is 2.19. The van der Waals surface area contributed by atoms with Gasteiger partial charge < -0.3 is 14.2 Å². The molecule has 1 atom stereocenters. The quantitative estimate of drug-likeness (QED) is 0.0269. The first-order valence-corrected chi connectivity index (χ1v) is 22.3. The third-order valence-electron chi connectivity index (χ3n) is 9.26. The number of esters is 3. The molecule has 0 aliphatic rings. The molecular weight excluding hydrogens is 673 g/mol. The van der Waals surface area contributed by atoms with E-state index in [4.69, 9.17) is 14.2 Å². The zero-order chi connectivity index (χ0) is 39.4. The van der Waals surface area contributed by atoms with Crippen molar-refractivity contribution in [2.24, 2.45) is 0 Å². The van der Waals surface area contributed by atoms with Crippen molar-refractivity contribution in [2.45, 2.75) is 213 Å². The Morgan fingerprint density at radius 2 is 0.815 bits per heavy atom. The van der Waals surface area contributed by atoms with Crippen molar-refractivity contribution >= 4 is 17.9 Å². The molecule has 0 radical (unpaired) electrons. The highest BCUT2D eigenvalue weighted by Crippen LogP contribution is 2.13. The van der Waals surface area contributed by atoms with Crippen LogP contribution < -0.4 is 0 Å². The topological polar surface area (TPSA) is 78.9 Å². The highest BCUT2D eigenvalue weighted by atomic mass is 16.6. The molecule has 0 saturated carbocycles. The van der Waals surface area contributed by atoms with Gasteiger partial charge in [0.05, 0.1) is 6.42 Å². The van der Waals surface area contributed by atoms with Gasteiger partial charge in [0, 0.05) is 12.8 Å². The number of ether oxygens (including phenoxy) is 3. The van der Waals surface area contributed by atoms with Gasteiger partial charge in [-0.1, -0.05) is 171 Å². The van der Waals surface area contributed by atoms with Gasteiger partial charge in [-0.05, 0) is 77.0 Å². The van der Waals surface area contributed by atoms with Crippen LogP contribution in [0.15, 0.2) is 60.8 Å². The number of carbonyl (C=O) groups excluding carboxylic acids is 3. The summed E-state index contributed by atoms with van der Waals surface area (Å²) in [6.07, 6.45) is 51.0. The Hall–Kier alpha value is -2.89. The van der Waals surface area contributed by atoms with Crippen LogP contribution in [0, 0.1) is 0 Å². The van der Waals surface area contributed by atoms with Gasteiger partial charge in [0.15, 0.2) is 6.10 Å². The molecule has 0 aromatic carbocycles. The second kappa shape index (κ2) is 42.8. The molecule has 0 spiro atoms. The maximum Gasteiger partial charge on any atom is 0.309 e. The first-order valence-electron chi connectivity index (χ1n) is 22.3. The molecule has 0 bridgehead atoms. The van der Waals surface area contributed by atoms with Gasteiger partial charge in [-0.25, -0.2) is 0 Å². The first kappa shape index (κ1) is 51.1. The number of hydrogen-bond donors (Lipinski definition) is 0. The molecule has 0 amide bonds. The van der Waals surface area contributed by atoms with E-state index in [0.717, 1.165) is 77.0 Å². The molecule has 310 valence electrons. The van der Waals surface area contributed by atoms with Gasteiger partial charge in [-0.2, -0.15) is 0 Å². The number of unbranched alkanes of at least 4 members (excludes halogenated alkanes) is 19. The summed E-state index contributed by atoms with van der Waals surface area (Å²) in [7, 11) is 0. The molecule has 0 aliphatic heterocycles. The van der Waals surface area contributed by atoms with Crippen molar-refractivity contribution in [1.29, 1.82) is 0 Å². The molecule has 0 aromatic heterocycles. The molecular formula is C48H82O6. The minimum atomic E-state index is -0.813. The predicted molar refractivity (Wildman–Crippen MR) is 228 cm³/mol. The fourth-order valence-corrected chi connectivity index (χ4v) is 5.89. The maximum atomic E-state index is 12.7. The van der Waals surface area contributed by atoms with Crippen molar-refractivity contribution in [3.8, 4) is 0 Å². The van der Waals surface area contributed by atoms with Gasteiger partial charge in [0.2, 0.25) is 0 Å². The van der Waals surface area contributed by atoms with Crippen molar-refractivity contribution < 1.29 is 28.6 Å². The molecule has 0 fully saturated rings. The van der Waals surface area contributed by atoms with Crippen LogP contribution in [0.4, 0.5) is 0 Å². The Balaban J connectivity index is 4.41. The molecule has 0 heterocycles. The van der Waals surface area contributed by atoms with Gasteiger partial charge >= 0.3 is 17.9 Å². The van der Waals surface area contributed by atoms with Crippen molar-refractivity contribution in [1.82, 2.24) is 0 Å². The second-order valence-electron chi connectivity index (χ2n) is 14.6. The molecule has 0 rings (SSSR count). The molecule has 0 N–H and O–H groups in total. The van der Waals surface area contributed by atoms with Gasteiger partial charge in [-0.15, -0.1) is 0 Å². The lowest BCUT2D eigenvalue weighted by molar-refractivity contribution is -0.166. The van der Waals surface area contributed by atoms with Crippen molar-refractivity contribution in [3.05, 3.63) is 60.8 Å². The van der Waals surface area contributed by atoms with E-state index in [1.807, 2.05) is 6.08 Å². The standard InChI is InChI=1S/C48H82O6/c1-4-7-10-13-16-19-21-22-23-24-25-27-29-32-35-38-41-47(50)53-44-45(43-52-46(49)40-37-34-31-28-18-15-12-9-6-3)54-48(51)42-39-36-33-30-26-20-17-14-11-8-5-2/h9,12,14,17-18,23-24,28,34,37,45H,4-8,10-11,13,15-16,19-22,25-27,29-33,35-36,38-44H2,1-3H3/b12-9-,17-14-,24-23-,28-18-,37-34-. The SMILES string of the molecule is CC/C=C\C/C=C\C/C=C\CC(=O)OCC(COC(=O)CCCCCCC/C=C\CCCCCCCCC)OC(=O)CCCCCCC/C=C\CCCC. The Labute approximate surface area is 332 Å². The normalized spacial score (nSPS) is 12.6. The van der Waals surface area contributed by atoms with Gasteiger partial charge in [0.25, 0.3) is 0 Å². The Morgan fingerprint density at radius 3 is 1.33 bits per heavy atom. The summed E-state index contributed by atoms with van der Waals surface area (Å²) in [5, 5.41) is 0. The van der Waals surface area contributed by atoms with E-state index in [-0.39, 0.29) is 31.6 Å². The summed E-state index contributed by atoms with van der Waals surface area (Å²) in [4.78, 5) is 37.5. The maximum absolute atomic E-state index is 12.7. The molecule has 6 heteroatoms. The van der Waals surface area contributed by atoms with Crippen LogP contribution in [0.2, 0.25) is 0 Å². The fraction of sp³-hybridized carbons (Fsp3) is 0.729. The van der Waals surface area contributed by atoms with E-state index < -0.39 is 12.1 Å². The first-order chi connectivity index (χ1) is 26.5. The summed E-state index contributed by atoms with van der Waals surface area (Å²) in [5.41, 5.74) is 0. The Morgan fingerprint density at radius 1 is 0.407 bits per heavy atom. The molecule has 0 saturated heterocycles. The lowest BCUT2D eigenvalue weighted by Crippen LogP contribution is -2.30. The molecule has 0 aromatic rings. The van der Waals surface area contributed by atoms with Crippen LogP contribution in [0.1, 0.15) is 207 Å². The summed E-state index contributed by atoms with van der Waals surface area (Å²) in [6, 6.07) is 0. The summed E-state index contributed by atoms with van der Waals surface area (Å²) >= 11 is 0. The van der Waals surface area contributed by atoms with Crippen molar-refractivity contribution in [2.75, 3.05) is 13.2 Å². The van der Waals surface area contributed by atoms with Crippen LogP contribution in [-0.4, -0.2) is 37.2 Å². The average Bonchev–Trinajstić information content (AvgIpc) is 3.17. The second-order valence-corrected chi connectivity index (χ2v) is 14.6. The lowest BCUT2D eigenvalue weighted by Gasteiger charge is -2.18. The number of carbonyl (C=O) groups is 3. The van der Waals surface area contributed by atoms with E-state index in [1.165, 1.54) is 89.9 Å². The fourth-order valence-electron chi connectivity index (χ4n) is 5.89. The third kappa shape index (κ3) is 40.3. The largest absolute Gasteiger partial charge is 0.462 e. The molecule has 1 unspecified atom stereocenters. The van der Waals surface area contributed by atoms with E-state index in [9.17, 15) is 14.4 Å². The molecule has 54 heavy (non-hydrogen) atoms. The minimum absolute atomic E-state index is 0.109. The van der Waals surface area contributed by atoms with Crippen LogP contribution >= 0.6 is 0 Å². The lowest BCUT2D eigenvalue weighted by atomic mass is 10.1. The Kier molecular flexibility index (Phi) is 40.6. The van der Waals surface area contributed by atoms with E-state index in [0.29, 0.717) is 12.8 Å². The summed E-state index contributed by atoms with van der Waals surface area (Å²) in [5.74, 6) is -1.06. The smallest absolute Gasteiger partial charge is 0.309 e. The van der Waals surface area contributed by atoms with Crippen molar-refractivity contribution in [3.63, 3.8) is 0 Å². The number of hydrogen-bond acceptors (Lipinski definition) is 6. The van der Waals surface area contributed by atoms with Crippen LogP contribution in [0.5, 0.6) is 0 Å².